The Morgan fingerprint density at radius 3 is 2.15 bits per heavy atom. The lowest BCUT2D eigenvalue weighted by Crippen LogP contribution is -2.41. The zero-order valence-electron chi connectivity index (χ0n) is 16.7. The quantitative estimate of drug-likeness (QED) is 0.533. The fraction of sp³-hybridized carbons (Fsp3) is 0.632. The van der Waals surface area contributed by atoms with Gasteiger partial charge in [-0.05, 0) is 65.6 Å². The van der Waals surface area contributed by atoms with Crippen LogP contribution in [0.25, 0.3) is 0 Å². The SMILES string of the molecule is CCOC(=O)CC[C@H](C)Oc1c(F)cc(B2OC(C)(C)C(C)(C)O2)cc1F. The summed E-state index contributed by atoms with van der Waals surface area (Å²) in [5, 5.41) is 0. The summed E-state index contributed by atoms with van der Waals surface area (Å²) in [6, 6.07) is 2.30. The van der Waals surface area contributed by atoms with Gasteiger partial charge in [0.25, 0.3) is 0 Å². The highest BCUT2D eigenvalue weighted by Gasteiger charge is 2.52. The molecule has 0 saturated carbocycles. The zero-order valence-corrected chi connectivity index (χ0v) is 16.7. The third-order valence-corrected chi connectivity index (χ3v) is 4.93. The van der Waals surface area contributed by atoms with Crippen molar-refractivity contribution in [2.45, 2.75) is 71.7 Å². The van der Waals surface area contributed by atoms with Gasteiger partial charge in [0.2, 0.25) is 0 Å². The Morgan fingerprint density at radius 1 is 1.15 bits per heavy atom. The highest BCUT2D eigenvalue weighted by atomic mass is 19.1. The van der Waals surface area contributed by atoms with Crippen LogP contribution >= 0.6 is 0 Å². The molecule has 1 fully saturated rings. The fourth-order valence-electron chi connectivity index (χ4n) is 2.62. The van der Waals surface area contributed by atoms with Crippen LogP contribution in [-0.2, 0) is 18.8 Å². The van der Waals surface area contributed by atoms with Gasteiger partial charge in [-0.1, -0.05) is 0 Å². The van der Waals surface area contributed by atoms with E-state index in [1.807, 2.05) is 27.7 Å². The van der Waals surface area contributed by atoms with E-state index >= 15 is 0 Å². The molecule has 0 radical (unpaired) electrons. The first-order valence-corrected chi connectivity index (χ1v) is 9.13. The summed E-state index contributed by atoms with van der Waals surface area (Å²) in [7, 11) is -0.866. The number of esters is 1. The molecule has 1 aromatic rings. The average Bonchev–Trinajstić information content (AvgIpc) is 2.77. The summed E-state index contributed by atoms with van der Waals surface area (Å²) in [6.07, 6.45) is -0.151. The Bertz CT molecular complexity index is 654. The van der Waals surface area contributed by atoms with Gasteiger partial charge in [-0.3, -0.25) is 4.79 Å². The fourth-order valence-corrected chi connectivity index (χ4v) is 2.62. The molecule has 150 valence electrons. The summed E-state index contributed by atoms with van der Waals surface area (Å²) in [5.41, 5.74) is -0.974. The first-order valence-electron chi connectivity index (χ1n) is 9.13. The molecule has 1 aliphatic heterocycles. The molecule has 1 aliphatic rings. The van der Waals surface area contributed by atoms with Crippen LogP contribution in [-0.4, -0.2) is 37.0 Å². The van der Waals surface area contributed by atoms with E-state index in [4.69, 9.17) is 18.8 Å². The minimum Gasteiger partial charge on any atom is -0.485 e. The summed E-state index contributed by atoms with van der Waals surface area (Å²) in [5.74, 6) is -2.54. The van der Waals surface area contributed by atoms with Crippen molar-refractivity contribution < 1.29 is 32.4 Å². The molecule has 0 bridgehead atoms. The molecule has 1 heterocycles. The normalized spacial score (nSPS) is 19.0. The lowest BCUT2D eigenvalue weighted by atomic mass is 9.79. The van der Waals surface area contributed by atoms with Crippen molar-refractivity contribution in [2.24, 2.45) is 0 Å². The molecule has 0 amide bonds. The van der Waals surface area contributed by atoms with Crippen LogP contribution in [0.3, 0.4) is 0 Å². The van der Waals surface area contributed by atoms with Gasteiger partial charge in [0.1, 0.15) is 0 Å². The van der Waals surface area contributed by atoms with Crippen LogP contribution in [0, 0.1) is 11.6 Å². The van der Waals surface area contributed by atoms with Crippen LogP contribution in [0.5, 0.6) is 5.75 Å². The minimum atomic E-state index is -0.866. The monoisotopic (exact) mass is 384 g/mol. The first-order chi connectivity index (χ1) is 12.5. The Balaban J connectivity index is 2.08. The van der Waals surface area contributed by atoms with Crippen molar-refractivity contribution in [2.75, 3.05) is 6.61 Å². The molecule has 1 saturated heterocycles. The molecule has 1 aromatic carbocycles. The van der Waals surface area contributed by atoms with Crippen molar-refractivity contribution in [1.29, 1.82) is 0 Å². The Hall–Kier alpha value is -1.67. The van der Waals surface area contributed by atoms with Gasteiger partial charge in [0.15, 0.2) is 17.4 Å². The average molecular weight is 384 g/mol. The van der Waals surface area contributed by atoms with Crippen LogP contribution < -0.4 is 10.2 Å². The van der Waals surface area contributed by atoms with E-state index in [1.165, 1.54) is 0 Å². The maximum atomic E-state index is 14.5. The number of benzene rings is 1. The van der Waals surface area contributed by atoms with E-state index in [1.54, 1.807) is 13.8 Å². The van der Waals surface area contributed by atoms with Crippen molar-refractivity contribution in [3.63, 3.8) is 0 Å². The van der Waals surface area contributed by atoms with E-state index in [2.05, 4.69) is 0 Å². The first kappa shape index (κ1) is 21.6. The Labute approximate surface area is 159 Å². The van der Waals surface area contributed by atoms with E-state index < -0.39 is 41.8 Å². The molecule has 1 atom stereocenters. The summed E-state index contributed by atoms with van der Waals surface area (Å²) < 4.78 is 50.8. The number of carbonyl (C=O) groups excluding carboxylic acids is 1. The maximum absolute atomic E-state index is 14.5. The van der Waals surface area contributed by atoms with E-state index in [-0.39, 0.29) is 30.9 Å². The maximum Gasteiger partial charge on any atom is 0.495 e. The topological polar surface area (TPSA) is 54.0 Å². The van der Waals surface area contributed by atoms with Crippen molar-refractivity contribution >= 4 is 18.6 Å². The molecular weight excluding hydrogens is 357 g/mol. The van der Waals surface area contributed by atoms with E-state index in [0.717, 1.165) is 12.1 Å². The number of ether oxygens (including phenoxy) is 2. The standard InChI is InChI=1S/C19H27BF2O5/c1-7-24-16(23)9-8-12(2)25-17-14(21)10-13(11-15(17)22)20-26-18(3,4)19(5,6)27-20/h10-12H,7-9H2,1-6H3/t12-/m0/s1. The lowest BCUT2D eigenvalue weighted by Gasteiger charge is -2.32. The number of halogens is 2. The van der Waals surface area contributed by atoms with E-state index in [0.29, 0.717) is 0 Å². The van der Waals surface area contributed by atoms with Crippen LogP contribution in [0.2, 0.25) is 0 Å². The predicted molar refractivity (Wildman–Crippen MR) is 98.0 cm³/mol. The van der Waals surface area contributed by atoms with Gasteiger partial charge in [0.05, 0.1) is 23.9 Å². The third kappa shape index (κ3) is 4.99. The zero-order chi connectivity index (χ0) is 20.4. The molecule has 2 rings (SSSR count). The molecule has 0 aliphatic carbocycles. The summed E-state index contributed by atoms with van der Waals surface area (Å²) >= 11 is 0. The van der Waals surface area contributed by atoms with Crippen LogP contribution in [0.4, 0.5) is 8.78 Å². The third-order valence-electron chi connectivity index (χ3n) is 4.93. The highest BCUT2D eigenvalue weighted by Crippen LogP contribution is 2.37. The van der Waals surface area contributed by atoms with Gasteiger partial charge in [-0.25, -0.2) is 8.78 Å². The lowest BCUT2D eigenvalue weighted by molar-refractivity contribution is -0.143. The van der Waals surface area contributed by atoms with E-state index in [9.17, 15) is 13.6 Å². The number of carbonyl (C=O) groups is 1. The number of rotatable bonds is 7. The molecule has 0 aromatic heterocycles. The van der Waals surface area contributed by atoms with Gasteiger partial charge >= 0.3 is 13.1 Å². The van der Waals surface area contributed by atoms with Crippen LogP contribution in [0.15, 0.2) is 12.1 Å². The van der Waals surface area contributed by atoms with Gasteiger partial charge in [0, 0.05) is 6.42 Å². The molecule has 0 unspecified atom stereocenters. The molecule has 8 heteroatoms. The van der Waals surface area contributed by atoms with Crippen molar-refractivity contribution in [3.8, 4) is 5.75 Å². The number of hydrogen-bond donors (Lipinski definition) is 0. The predicted octanol–water partition coefficient (Wildman–Crippen LogP) is 3.37. The Kier molecular flexibility index (Phi) is 6.53. The molecule has 0 N–H and O–H groups in total. The summed E-state index contributed by atoms with van der Waals surface area (Å²) in [6.45, 7) is 11.1. The smallest absolute Gasteiger partial charge is 0.485 e. The van der Waals surface area contributed by atoms with Crippen molar-refractivity contribution in [3.05, 3.63) is 23.8 Å². The molecular formula is C19H27BF2O5. The minimum absolute atomic E-state index is 0.115. The van der Waals surface area contributed by atoms with Gasteiger partial charge < -0.3 is 18.8 Å². The van der Waals surface area contributed by atoms with Crippen molar-refractivity contribution in [1.82, 2.24) is 0 Å². The second-order valence-corrected chi connectivity index (χ2v) is 7.67. The van der Waals surface area contributed by atoms with Gasteiger partial charge in [-0.2, -0.15) is 0 Å². The Morgan fingerprint density at radius 2 is 1.67 bits per heavy atom. The number of hydrogen-bond acceptors (Lipinski definition) is 5. The molecule has 27 heavy (non-hydrogen) atoms. The molecule has 0 spiro atoms. The molecule has 5 nitrogen and oxygen atoms in total. The second kappa shape index (κ2) is 8.14. The van der Waals surface area contributed by atoms with Gasteiger partial charge in [-0.15, -0.1) is 0 Å². The van der Waals surface area contributed by atoms with Crippen LogP contribution in [0.1, 0.15) is 54.4 Å². The largest absolute Gasteiger partial charge is 0.495 e. The second-order valence-electron chi connectivity index (χ2n) is 7.67. The highest BCUT2D eigenvalue weighted by molar-refractivity contribution is 6.62. The summed E-state index contributed by atoms with van der Waals surface area (Å²) in [4.78, 5) is 11.4.